The van der Waals surface area contributed by atoms with Gasteiger partial charge in [0.1, 0.15) is 11.9 Å². The van der Waals surface area contributed by atoms with Crippen LogP contribution in [0.15, 0.2) is 42.5 Å². The number of pyridine rings is 1. The smallest absolute Gasteiger partial charge is 0.255 e. The van der Waals surface area contributed by atoms with Crippen molar-refractivity contribution < 1.29 is 14.4 Å². The van der Waals surface area contributed by atoms with Crippen LogP contribution in [0.2, 0.25) is 0 Å². The number of piperidine rings is 1. The van der Waals surface area contributed by atoms with Gasteiger partial charge in [0.05, 0.1) is 5.56 Å². The SMILES string of the molecule is CC(C(=O)N1CCC(c2ccc(C(=O)NCc3ccccc3)c(N)n2)CC1)N1CCCC1=O. The highest BCUT2D eigenvalue weighted by Crippen LogP contribution is 2.29. The van der Waals surface area contributed by atoms with Crippen molar-refractivity contribution in [2.75, 3.05) is 25.4 Å². The Morgan fingerprint density at radius 1 is 1.12 bits per heavy atom. The number of carbonyl (C=O) groups is 3. The van der Waals surface area contributed by atoms with Crippen LogP contribution in [0.5, 0.6) is 0 Å². The van der Waals surface area contributed by atoms with E-state index in [-0.39, 0.29) is 29.5 Å². The molecule has 0 spiro atoms. The van der Waals surface area contributed by atoms with E-state index in [1.807, 2.05) is 48.2 Å². The molecule has 1 unspecified atom stereocenters. The number of benzene rings is 1. The Labute approximate surface area is 194 Å². The van der Waals surface area contributed by atoms with Crippen LogP contribution in [-0.4, -0.2) is 58.2 Å². The van der Waals surface area contributed by atoms with Crippen molar-refractivity contribution in [2.45, 2.75) is 51.1 Å². The predicted octanol–water partition coefficient (Wildman–Crippen LogP) is 2.31. The third-order valence-electron chi connectivity index (χ3n) is 6.65. The maximum Gasteiger partial charge on any atom is 0.255 e. The minimum absolute atomic E-state index is 0.0154. The first kappa shape index (κ1) is 22.8. The Kier molecular flexibility index (Phi) is 6.91. The van der Waals surface area contributed by atoms with E-state index in [1.54, 1.807) is 11.0 Å². The summed E-state index contributed by atoms with van der Waals surface area (Å²) in [5.41, 5.74) is 8.35. The summed E-state index contributed by atoms with van der Waals surface area (Å²) in [6.45, 7) is 4.15. The summed E-state index contributed by atoms with van der Waals surface area (Å²) in [6.07, 6.45) is 2.91. The summed E-state index contributed by atoms with van der Waals surface area (Å²) >= 11 is 0. The summed E-state index contributed by atoms with van der Waals surface area (Å²) in [5, 5.41) is 2.88. The number of nitrogen functional groups attached to an aromatic ring is 1. The van der Waals surface area contributed by atoms with Gasteiger partial charge in [0, 0.05) is 44.2 Å². The summed E-state index contributed by atoms with van der Waals surface area (Å²) in [4.78, 5) is 45.4. The van der Waals surface area contributed by atoms with Gasteiger partial charge in [-0.15, -0.1) is 0 Å². The summed E-state index contributed by atoms with van der Waals surface area (Å²) in [5.74, 6) is 0.237. The minimum Gasteiger partial charge on any atom is -0.383 e. The Bertz CT molecular complexity index is 1020. The fraction of sp³-hybridized carbons (Fsp3) is 0.440. The van der Waals surface area contributed by atoms with Gasteiger partial charge >= 0.3 is 0 Å². The number of anilines is 1. The molecule has 1 aromatic heterocycles. The van der Waals surface area contributed by atoms with Crippen molar-refractivity contribution in [3.8, 4) is 0 Å². The van der Waals surface area contributed by atoms with Crippen LogP contribution < -0.4 is 11.1 Å². The molecular weight excluding hydrogens is 418 g/mol. The van der Waals surface area contributed by atoms with Crippen LogP contribution in [0, 0.1) is 0 Å². The fourth-order valence-corrected chi connectivity index (χ4v) is 4.66. The van der Waals surface area contributed by atoms with Crippen LogP contribution in [0.1, 0.15) is 60.1 Å². The van der Waals surface area contributed by atoms with Crippen LogP contribution in [0.4, 0.5) is 5.82 Å². The standard InChI is InChI=1S/C25H31N5O3/c1-17(30-13-5-8-22(30)31)25(33)29-14-11-19(12-15-29)21-10-9-20(23(26)28-21)24(32)27-16-18-6-3-2-4-7-18/h2-4,6-7,9-10,17,19H,5,8,11-16H2,1H3,(H2,26,28)(H,27,32). The maximum atomic E-state index is 12.9. The first-order valence-electron chi connectivity index (χ1n) is 11.6. The normalized spacial score (nSPS) is 17.8. The summed E-state index contributed by atoms with van der Waals surface area (Å²) in [7, 11) is 0. The van der Waals surface area contributed by atoms with E-state index >= 15 is 0 Å². The number of nitrogens with zero attached hydrogens (tertiary/aromatic N) is 3. The summed E-state index contributed by atoms with van der Waals surface area (Å²) < 4.78 is 0. The monoisotopic (exact) mass is 449 g/mol. The van der Waals surface area contributed by atoms with E-state index in [0.29, 0.717) is 38.2 Å². The molecule has 3 amide bonds. The van der Waals surface area contributed by atoms with Crippen LogP contribution in [-0.2, 0) is 16.1 Å². The van der Waals surface area contributed by atoms with Gasteiger partial charge in [-0.25, -0.2) is 4.98 Å². The van der Waals surface area contributed by atoms with Crippen molar-refractivity contribution in [3.05, 3.63) is 59.3 Å². The molecule has 2 aromatic rings. The molecule has 1 aromatic carbocycles. The zero-order valence-electron chi connectivity index (χ0n) is 19.0. The Morgan fingerprint density at radius 2 is 1.85 bits per heavy atom. The van der Waals surface area contributed by atoms with Crippen LogP contribution in [0.3, 0.4) is 0 Å². The topological polar surface area (TPSA) is 109 Å². The molecular formula is C25H31N5O3. The third kappa shape index (κ3) is 5.16. The average Bonchev–Trinajstić information content (AvgIpc) is 3.28. The molecule has 174 valence electrons. The van der Waals surface area contributed by atoms with E-state index in [4.69, 9.17) is 5.73 Å². The van der Waals surface area contributed by atoms with E-state index < -0.39 is 6.04 Å². The van der Waals surface area contributed by atoms with Crippen LogP contribution in [0.25, 0.3) is 0 Å². The third-order valence-corrected chi connectivity index (χ3v) is 6.65. The van der Waals surface area contributed by atoms with Gasteiger partial charge in [-0.1, -0.05) is 30.3 Å². The molecule has 3 N–H and O–H groups in total. The second kappa shape index (κ2) is 10.0. The number of hydrogen-bond acceptors (Lipinski definition) is 5. The minimum atomic E-state index is -0.404. The van der Waals surface area contributed by atoms with Crippen molar-refractivity contribution in [1.82, 2.24) is 20.1 Å². The number of aromatic nitrogens is 1. The highest BCUT2D eigenvalue weighted by Gasteiger charge is 2.34. The highest BCUT2D eigenvalue weighted by atomic mass is 16.2. The molecule has 33 heavy (non-hydrogen) atoms. The lowest BCUT2D eigenvalue weighted by Gasteiger charge is -2.35. The number of carbonyl (C=O) groups excluding carboxylic acids is 3. The first-order chi connectivity index (χ1) is 15.9. The Hall–Kier alpha value is -3.42. The zero-order chi connectivity index (χ0) is 23.4. The van der Waals surface area contributed by atoms with Gasteiger partial charge in [-0.2, -0.15) is 0 Å². The van der Waals surface area contributed by atoms with E-state index in [1.165, 1.54) is 0 Å². The Morgan fingerprint density at radius 3 is 2.48 bits per heavy atom. The average molecular weight is 450 g/mol. The molecule has 0 bridgehead atoms. The molecule has 2 saturated heterocycles. The van der Waals surface area contributed by atoms with Crippen LogP contribution >= 0.6 is 0 Å². The largest absolute Gasteiger partial charge is 0.383 e. The first-order valence-corrected chi connectivity index (χ1v) is 11.6. The predicted molar refractivity (Wildman–Crippen MR) is 125 cm³/mol. The molecule has 0 saturated carbocycles. The second-order valence-corrected chi connectivity index (χ2v) is 8.80. The van der Waals surface area contributed by atoms with E-state index in [0.717, 1.165) is 30.5 Å². The highest BCUT2D eigenvalue weighted by molar-refractivity contribution is 5.98. The van der Waals surface area contributed by atoms with Gasteiger partial charge in [0.15, 0.2) is 0 Å². The number of hydrogen-bond donors (Lipinski definition) is 2. The van der Waals surface area contributed by atoms with Crippen molar-refractivity contribution in [2.24, 2.45) is 0 Å². The molecule has 2 aliphatic rings. The molecule has 0 aliphatic carbocycles. The lowest BCUT2D eigenvalue weighted by atomic mass is 9.92. The molecule has 1 atom stereocenters. The number of amides is 3. The van der Waals surface area contributed by atoms with Crippen molar-refractivity contribution in [3.63, 3.8) is 0 Å². The molecule has 4 rings (SSSR count). The number of likely N-dealkylation sites (tertiary alicyclic amines) is 2. The van der Waals surface area contributed by atoms with Gasteiger partial charge in [-0.3, -0.25) is 14.4 Å². The van der Waals surface area contributed by atoms with Gasteiger partial charge in [-0.05, 0) is 43.9 Å². The zero-order valence-corrected chi connectivity index (χ0v) is 19.0. The molecule has 3 heterocycles. The fourth-order valence-electron chi connectivity index (χ4n) is 4.66. The molecule has 8 heteroatoms. The number of nitrogens with one attached hydrogen (secondary N) is 1. The molecule has 8 nitrogen and oxygen atoms in total. The van der Waals surface area contributed by atoms with Crippen molar-refractivity contribution in [1.29, 1.82) is 0 Å². The lowest BCUT2D eigenvalue weighted by molar-refractivity contribution is -0.143. The maximum absolute atomic E-state index is 12.9. The number of rotatable bonds is 6. The quantitative estimate of drug-likeness (QED) is 0.704. The van der Waals surface area contributed by atoms with Gasteiger partial charge in [0.2, 0.25) is 11.8 Å². The van der Waals surface area contributed by atoms with Gasteiger partial charge in [0.25, 0.3) is 5.91 Å². The molecule has 2 fully saturated rings. The number of nitrogens with two attached hydrogens (primary N) is 1. The van der Waals surface area contributed by atoms with E-state index in [9.17, 15) is 14.4 Å². The second-order valence-electron chi connectivity index (χ2n) is 8.80. The Balaban J connectivity index is 1.32. The lowest BCUT2D eigenvalue weighted by Crippen LogP contribution is -2.49. The van der Waals surface area contributed by atoms with Gasteiger partial charge < -0.3 is 20.9 Å². The molecule has 0 radical (unpaired) electrons. The van der Waals surface area contributed by atoms with E-state index in [2.05, 4.69) is 10.3 Å². The van der Waals surface area contributed by atoms with Crippen molar-refractivity contribution >= 4 is 23.5 Å². The molecule has 2 aliphatic heterocycles. The summed E-state index contributed by atoms with van der Waals surface area (Å²) in [6, 6.07) is 12.9.